The van der Waals surface area contributed by atoms with Crippen molar-refractivity contribution >= 4 is 50.7 Å². The van der Waals surface area contributed by atoms with Crippen LogP contribution in [0.1, 0.15) is 31.9 Å². The van der Waals surface area contributed by atoms with Crippen molar-refractivity contribution in [2.75, 3.05) is 17.5 Å². The molecular weight excluding hydrogens is 645 g/mol. The van der Waals surface area contributed by atoms with Crippen molar-refractivity contribution < 1.29 is 22.7 Å². The average Bonchev–Trinajstić information content (AvgIpc) is 3.03. The van der Waals surface area contributed by atoms with Gasteiger partial charge in [0.05, 0.1) is 17.2 Å². The predicted octanol–water partition coefficient (Wildman–Crippen LogP) is 6.75. The number of nitrogens with one attached hydrogen (secondary N) is 1. The van der Waals surface area contributed by atoms with Gasteiger partial charge in [-0.05, 0) is 92.6 Å². The fourth-order valence-electron chi connectivity index (χ4n) is 4.86. The fraction of sp³-hybridized carbons (Fsp3) is 0.257. The van der Waals surface area contributed by atoms with Crippen molar-refractivity contribution in [2.24, 2.45) is 0 Å². The highest BCUT2D eigenvalue weighted by atomic mass is 35.5. The van der Waals surface area contributed by atoms with E-state index in [0.717, 1.165) is 15.4 Å². The Labute approximate surface area is 280 Å². The first-order valence-electron chi connectivity index (χ1n) is 14.9. The maximum atomic E-state index is 14.5. The Morgan fingerprint density at radius 2 is 1.39 bits per heavy atom. The number of ether oxygens (including phenoxy) is 1. The van der Waals surface area contributed by atoms with Crippen LogP contribution in [0, 0.1) is 0 Å². The molecule has 0 aliphatic rings. The number of nitrogens with zero attached hydrogens (tertiary/aromatic N) is 2. The summed E-state index contributed by atoms with van der Waals surface area (Å²) in [6, 6.07) is 27.4. The van der Waals surface area contributed by atoms with E-state index in [1.807, 2.05) is 51.1 Å². The zero-order valence-corrected chi connectivity index (χ0v) is 28.2. The van der Waals surface area contributed by atoms with Gasteiger partial charge < -0.3 is 15.0 Å². The van der Waals surface area contributed by atoms with E-state index in [2.05, 4.69) is 5.32 Å². The molecular formula is C35H37Cl2N3O5S. The lowest BCUT2D eigenvalue weighted by Gasteiger charge is -2.34. The Morgan fingerprint density at radius 3 is 1.96 bits per heavy atom. The Kier molecular flexibility index (Phi) is 12.1. The molecule has 0 spiro atoms. The summed E-state index contributed by atoms with van der Waals surface area (Å²) in [7, 11) is -4.26. The zero-order valence-electron chi connectivity index (χ0n) is 25.9. The molecule has 4 rings (SSSR count). The zero-order chi connectivity index (χ0) is 33.3. The molecule has 4 aromatic rings. The summed E-state index contributed by atoms with van der Waals surface area (Å²) >= 11 is 12.2. The maximum absolute atomic E-state index is 14.5. The molecule has 2 amide bonds. The number of sulfonamides is 1. The van der Waals surface area contributed by atoms with E-state index in [1.165, 1.54) is 29.2 Å². The first-order valence-corrected chi connectivity index (χ1v) is 17.1. The molecule has 0 radical (unpaired) electrons. The van der Waals surface area contributed by atoms with Crippen LogP contribution in [0.4, 0.5) is 5.69 Å². The number of rotatable bonds is 14. The standard InChI is InChI=1S/C35H37Cl2N3O5S/c1-4-45-31-18-16-30(17-19-31)40(46(43,44)32-20-14-29(37)15-21-32)24-34(41)39(23-27-10-12-28(36)13-11-27)33(35(42)38-25(2)3)22-26-8-6-5-7-9-26/h5-21,25,33H,4,22-24H2,1-3H3,(H,38,42)/t33-/m1/s1. The molecule has 46 heavy (non-hydrogen) atoms. The molecule has 0 heterocycles. The summed E-state index contributed by atoms with van der Waals surface area (Å²) in [4.78, 5) is 29.7. The van der Waals surface area contributed by atoms with Crippen LogP contribution in [0.2, 0.25) is 10.0 Å². The maximum Gasteiger partial charge on any atom is 0.264 e. The van der Waals surface area contributed by atoms with Crippen LogP contribution in [-0.4, -0.2) is 50.4 Å². The van der Waals surface area contributed by atoms with E-state index >= 15 is 0 Å². The molecule has 11 heteroatoms. The van der Waals surface area contributed by atoms with E-state index in [0.29, 0.717) is 22.4 Å². The van der Waals surface area contributed by atoms with Gasteiger partial charge in [-0.2, -0.15) is 0 Å². The lowest BCUT2D eigenvalue weighted by molar-refractivity contribution is -0.140. The minimum Gasteiger partial charge on any atom is -0.494 e. The first-order chi connectivity index (χ1) is 22.0. The Balaban J connectivity index is 1.80. The summed E-state index contributed by atoms with van der Waals surface area (Å²) in [6.45, 7) is 5.43. The second-order valence-electron chi connectivity index (χ2n) is 10.9. The van der Waals surface area contributed by atoms with Gasteiger partial charge in [0.15, 0.2) is 0 Å². The highest BCUT2D eigenvalue weighted by Crippen LogP contribution is 2.28. The van der Waals surface area contributed by atoms with Gasteiger partial charge in [0.2, 0.25) is 11.8 Å². The number of benzene rings is 4. The minimum atomic E-state index is -4.26. The van der Waals surface area contributed by atoms with Crippen LogP contribution in [0.3, 0.4) is 0 Å². The third kappa shape index (κ3) is 9.25. The number of carbonyl (C=O) groups excluding carboxylic acids is 2. The van der Waals surface area contributed by atoms with Gasteiger partial charge in [0.25, 0.3) is 10.0 Å². The second-order valence-corrected chi connectivity index (χ2v) is 13.6. The van der Waals surface area contributed by atoms with Crippen LogP contribution in [0.15, 0.2) is 108 Å². The smallest absolute Gasteiger partial charge is 0.264 e. The van der Waals surface area contributed by atoms with E-state index in [-0.39, 0.29) is 35.5 Å². The molecule has 0 saturated heterocycles. The molecule has 0 saturated carbocycles. The van der Waals surface area contributed by atoms with Crippen LogP contribution in [0.5, 0.6) is 5.75 Å². The molecule has 8 nitrogen and oxygen atoms in total. The SMILES string of the molecule is CCOc1ccc(N(CC(=O)N(Cc2ccc(Cl)cc2)[C@H](Cc2ccccc2)C(=O)NC(C)C)S(=O)(=O)c2ccc(Cl)cc2)cc1. The molecule has 242 valence electrons. The highest BCUT2D eigenvalue weighted by molar-refractivity contribution is 7.92. The molecule has 0 aliphatic carbocycles. The van der Waals surface area contributed by atoms with Crippen molar-refractivity contribution in [1.82, 2.24) is 10.2 Å². The number of anilines is 1. The first kappa shape index (κ1) is 34.8. The lowest BCUT2D eigenvalue weighted by Crippen LogP contribution is -2.54. The number of amides is 2. The van der Waals surface area contributed by atoms with Gasteiger partial charge in [0, 0.05) is 29.1 Å². The Bertz CT molecular complexity index is 1700. The van der Waals surface area contributed by atoms with Gasteiger partial charge in [-0.15, -0.1) is 0 Å². The fourth-order valence-corrected chi connectivity index (χ4v) is 6.53. The summed E-state index contributed by atoms with van der Waals surface area (Å²) in [6.07, 6.45) is 0.214. The highest BCUT2D eigenvalue weighted by Gasteiger charge is 2.35. The molecule has 0 aliphatic heterocycles. The summed E-state index contributed by atoms with van der Waals surface area (Å²) in [5.74, 6) is -0.366. The van der Waals surface area contributed by atoms with Crippen LogP contribution in [-0.2, 0) is 32.6 Å². The van der Waals surface area contributed by atoms with E-state index in [9.17, 15) is 18.0 Å². The van der Waals surface area contributed by atoms with Gasteiger partial charge >= 0.3 is 0 Å². The molecule has 1 N–H and O–H groups in total. The third-order valence-electron chi connectivity index (χ3n) is 7.08. The number of hydrogen-bond acceptors (Lipinski definition) is 5. The Morgan fingerprint density at radius 1 is 0.804 bits per heavy atom. The minimum absolute atomic E-state index is 0.0388. The van der Waals surface area contributed by atoms with Crippen LogP contribution >= 0.6 is 23.2 Å². The predicted molar refractivity (Wildman–Crippen MR) is 183 cm³/mol. The van der Waals surface area contributed by atoms with Crippen molar-refractivity contribution in [3.8, 4) is 5.75 Å². The molecule has 0 bridgehead atoms. The van der Waals surface area contributed by atoms with Gasteiger partial charge in [-0.3, -0.25) is 13.9 Å². The van der Waals surface area contributed by atoms with Crippen molar-refractivity contribution in [3.05, 3.63) is 124 Å². The normalized spacial score (nSPS) is 12.0. The molecule has 0 aromatic heterocycles. The average molecular weight is 683 g/mol. The molecule has 1 atom stereocenters. The third-order valence-corrected chi connectivity index (χ3v) is 9.38. The topological polar surface area (TPSA) is 96.0 Å². The van der Waals surface area contributed by atoms with Gasteiger partial charge in [-0.1, -0.05) is 65.7 Å². The molecule has 0 fully saturated rings. The number of carbonyl (C=O) groups is 2. The Hall–Kier alpha value is -4.05. The lowest BCUT2D eigenvalue weighted by atomic mass is 10.0. The van der Waals surface area contributed by atoms with Crippen molar-refractivity contribution in [1.29, 1.82) is 0 Å². The summed E-state index contributed by atoms with van der Waals surface area (Å²) in [5, 5.41) is 3.84. The summed E-state index contributed by atoms with van der Waals surface area (Å²) < 4.78 is 34.9. The summed E-state index contributed by atoms with van der Waals surface area (Å²) in [5.41, 5.74) is 1.82. The van der Waals surface area contributed by atoms with Gasteiger partial charge in [0.1, 0.15) is 18.3 Å². The second kappa shape index (κ2) is 16.0. The van der Waals surface area contributed by atoms with Crippen LogP contribution in [0.25, 0.3) is 0 Å². The number of halogens is 2. The quantitative estimate of drug-likeness (QED) is 0.159. The van der Waals surface area contributed by atoms with E-state index in [4.69, 9.17) is 27.9 Å². The van der Waals surface area contributed by atoms with Gasteiger partial charge in [-0.25, -0.2) is 8.42 Å². The van der Waals surface area contributed by atoms with Crippen LogP contribution < -0.4 is 14.4 Å². The molecule has 0 unspecified atom stereocenters. The van der Waals surface area contributed by atoms with E-state index in [1.54, 1.807) is 48.5 Å². The van der Waals surface area contributed by atoms with Crippen molar-refractivity contribution in [2.45, 2.75) is 50.7 Å². The molecule has 4 aromatic carbocycles. The monoisotopic (exact) mass is 681 g/mol. The number of hydrogen-bond donors (Lipinski definition) is 1. The largest absolute Gasteiger partial charge is 0.494 e. The van der Waals surface area contributed by atoms with E-state index < -0.39 is 28.5 Å². The van der Waals surface area contributed by atoms with Crippen molar-refractivity contribution in [3.63, 3.8) is 0 Å².